The second kappa shape index (κ2) is 5.85. The standard InChI is InChI=1S/C16H26N2/c1-14-6-4-5-7-15(14)12-18(3)13-16(2)8-10-17-11-9-16/h4-7,17H,8-13H2,1-3H3. The third-order valence-electron chi connectivity index (χ3n) is 4.16. The van der Waals surface area contributed by atoms with Crippen molar-refractivity contribution in [3.05, 3.63) is 35.4 Å². The first-order chi connectivity index (χ1) is 8.59. The van der Waals surface area contributed by atoms with Crippen molar-refractivity contribution in [2.75, 3.05) is 26.7 Å². The Balaban J connectivity index is 1.92. The molecular formula is C16H26N2. The number of nitrogens with zero attached hydrogens (tertiary/aromatic N) is 1. The van der Waals surface area contributed by atoms with Crippen LogP contribution >= 0.6 is 0 Å². The van der Waals surface area contributed by atoms with Crippen LogP contribution in [0.15, 0.2) is 24.3 Å². The van der Waals surface area contributed by atoms with Gasteiger partial charge in [0.1, 0.15) is 0 Å². The lowest BCUT2D eigenvalue weighted by Crippen LogP contribution is -2.41. The third-order valence-corrected chi connectivity index (χ3v) is 4.16. The lowest BCUT2D eigenvalue weighted by atomic mass is 9.80. The van der Waals surface area contributed by atoms with Crippen LogP contribution in [0.5, 0.6) is 0 Å². The quantitative estimate of drug-likeness (QED) is 0.879. The molecule has 0 saturated carbocycles. The van der Waals surface area contributed by atoms with Crippen molar-refractivity contribution in [2.24, 2.45) is 5.41 Å². The third kappa shape index (κ3) is 3.56. The number of aryl methyl sites for hydroxylation is 1. The zero-order valence-corrected chi connectivity index (χ0v) is 12.0. The van der Waals surface area contributed by atoms with E-state index in [-0.39, 0.29) is 0 Å². The lowest BCUT2D eigenvalue weighted by Gasteiger charge is -2.37. The van der Waals surface area contributed by atoms with Crippen LogP contribution < -0.4 is 5.32 Å². The summed E-state index contributed by atoms with van der Waals surface area (Å²) in [4.78, 5) is 2.48. The van der Waals surface area contributed by atoms with Crippen molar-refractivity contribution in [3.8, 4) is 0 Å². The molecule has 18 heavy (non-hydrogen) atoms. The minimum absolute atomic E-state index is 0.489. The molecule has 2 heteroatoms. The number of hydrogen-bond donors (Lipinski definition) is 1. The van der Waals surface area contributed by atoms with Gasteiger partial charge in [0, 0.05) is 13.1 Å². The fraction of sp³-hybridized carbons (Fsp3) is 0.625. The highest BCUT2D eigenvalue weighted by atomic mass is 15.1. The van der Waals surface area contributed by atoms with Crippen LogP contribution in [0.25, 0.3) is 0 Å². The largest absolute Gasteiger partial charge is 0.317 e. The number of piperidine rings is 1. The van der Waals surface area contributed by atoms with Gasteiger partial charge in [-0.15, -0.1) is 0 Å². The molecular weight excluding hydrogens is 220 g/mol. The SMILES string of the molecule is Cc1ccccc1CN(C)CC1(C)CCNCC1. The fourth-order valence-electron chi connectivity index (χ4n) is 2.97. The molecule has 2 nitrogen and oxygen atoms in total. The van der Waals surface area contributed by atoms with Gasteiger partial charge in [-0.05, 0) is 56.4 Å². The molecule has 1 aromatic rings. The molecule has 2 rings (SSSR count). The summed E-state index contributed by atoms with van der Waals surface area (Å²) in [5.74, 6) is 0. The summed E-state index contributed by atoms with van der Waals surface area (Å²) < 4.78 is 0. The Kier molecular flexibility index (Phi) is 4.41. The number of rotatable bonds is 4. The van der Waals surface area contributed by atoms with Crippen molar-refractivity contribution >= 4 is 0 Å². The average molecular weight is 246 g/mol. The van der Waals surface area contributed by atoms with E-state index in [0.29, 0.717) is 5.41 Å². The van der Waals surface area contributed by atoms with E-state index in [2.05, 4.69) is 55.4 Å². The summed E-state index contributed by atoms with van der Waals surface area (Å²) in [6.07, 6.45) is 2.59. The molecule has 0 amide bonds. The molecule has 1 N–H and O–H groups in total. The maximum Gasteiger partial charge on any atom is 0.0233 e. The fourth-order valence-corrected chi connectivity index (χ4v) is 2.97. The van der Waals surface area contributed by atoms with E-state index < -0.39 is 0 Å². The van der Waals surface area contributed by atoms with Crippen LogP contribution in [0.1, 0.15) is 30.9 Å². The Morgan fingerprint density at radius 2 is 1.89 bits per heavy atom. The summed E-state index contributed by atoms with van der Waals surface area (Å²) in [5.41, 5.74) is 3.35. The van der Waals surface area contributed by atoms with Crippen LogP contribution in [-0.2, 0) is 6.54 Å². The Bertz CT molecular complexity index is 380. The minimum Gasteiger partial charge on any atom is -0.317 e. The molecule has 0 atom stereocenters. The zero-order valence-electron chi connectivity index (χ0n) is 12.0. The molecule has 0 aliphatic carbocycles. The molecule has 1 fully saturated rings. The van der Waals surface area contributed by atoms with Crippen LogP contribution in [0.2, 0.25) is 0 Å². The second-order valence-electron chi connectivity index (χ2n) is 6.16. The van der Waals surface area contributed by atoms with Gasteiger partial charge in [0.2, 0.25) is 0 Å². The highest BCUT2D eigenvalue weighted by Crippen LogP contribution is 2.29. The molecule has 1 saturated heterocycles. The normalized spacial score (nSPS) is 19.1. The summed E-state index contributed by atoms with van der Waals surface area (Å²) in [6.45, 7) is 9.25. The van der Waals surface area contributed by atoms with E-state index in [4.69, 9.17) is 0 Å². The van der Waals surface area contributed by atoms with Gasteiger partial charge in [0.25, 0.3) is 0 Å². The maximum absolute atomic E-state index is 3.45. The monoisotopic (exact) mass is 246 g/mol. The molecule has 0 aromatic heterocycles. The molecule has 0 radical (unpaired) electrons. The predicted molar refractivity (Wildman–Crippen MR) is 77.7 cm³/mol. The van der Waals surface area contributed by atoms with Gasteiger partial charge in [-0.1, -0.05) is 31.2 Å². The second-order valence-corrected chi connectivity index (χ2v) is 6.16. The molecule has 1 heterocycles. The number of benzene rings is 1. The average Bonchev–Trinajstić information content (AvgIpc) is 2.32. The van der Waals surface area contributed by atoms with Crippen LogP contribution in [-0.4, -0.2) is 31.6 Å². The Morgan fingerprint density at radius 3 is 2.56 bits per heavy atom. The van der Waals surface area contributed by atoms with E-state index in [0.717, 1.165) is 6.54 Å². The van der Waals surface area contributed by atoms with Gasteiger partial charge in [-0.2, -0.15) is 0 Å². The lowest BCUT2D eigenvalue weighted by molar-refractivity contribution is 0.143. The van der Waals surface area contributed by atoms with Gasteiger partial charge in [-0.25, -0.2) is 0 Å². The van der Waals surface area contributed by atoms with Crippen molar-refractivity contribution in [3.63, 3.8) is 0 Å². The van der Waals surface area contributed by atoms with Crippen molar-refractivity contribution < 1.29 is 0 Å². The number of hydrogen-bond acceptors (Lipinski definition) is 2. The van der Waals surface area contributed by atoms with Gasteiger partial charge in [-0.3, -0.25) is 0 Å². The topological polar surface area (TPSA) is 15.3 Å². The van der Waals surface area contributed by atoms with Crippen molar-refractivity contribution in [1.82, 2.24) is 10.2 Å². The summed E-state index contributed by atoms with van der Waals surface area (Å²) in [5, 5.41) is 3.45. The first-order valence-electron chi connectivity index (χ1n) is 7.03. The van der Waals surface area contributed by atoms with E-state index >= 15 is 0 Å². The molecule has 0 bridgehead atoms. The van der Waals surface area contributed by atoms with E-state index in [1.54, 1.807) is 0 Å². The van der Waals surface area contributed by atoms with Crippen molar-refractivity contribution in [2.45, 2.75) is 33.2 Å². The summed E-state index contributed by atoms with van der Waals surface area (Å²) in [7, 11) is 2.25. The highest BCUT2D eigenvalue weighted by Gasteiger charge is 2.27. The predicted octanol–water partition coefficient (Wildman–Crippen LogP) is 2.82. The Morgan fingerprint density at radius 1 is 1.22 bits per heavy atom. The maximum atomic E-state index is 3.45. The van der Waals surface area contributed by atoms with Gasteiger partial charge >= 0.3 is 0 Å². The highest BCUT2D eigenvalue weighted by molar-refractivity contribution is 5.25. The Hall–Kier alpha value is -0.860. The van der Waals surface area contributed by atoms with Gasteiger partial charge < -0.3 is 10.2 Å². The number of nitrogens with one attached hydrogen (secondary N) is 1. The molecule has 0 spiro atoms. The van der Waals surface area contributed by atoms with Gasteiger partial charge in [0.05, 0.1) is 0 Å². The minimum atomic E-state index is 0.489. The van der Waals surface area contributed by atoms with E-state index in [1.807, 2.05) is 0 Å². The first-order valence-corrected chi connectivity index (χ1v) is 7.03. The van der Waals surface area contributed by atoms with E-state index in [1.165, 1.54) is 43.6 Å². The molecule has 1 aliphatic heterocycles. The van der Waals surface area contributed by atoms with Crippen LogP contribution in [0, 0.1) is 12.3 Å². The summed E-state index contributed by atoms with van der Waals surface area (Å²) >= 11 is 0. The van der Waals surface area contributed by atoms with Crippen molar-refractivity contribution in [1.29, 1.82) is 0 Å². The molecule has 100 valence electrons. The molecule has 1 aliphatic rings. The van der Waals surface area contributed by atoms with Crippen LogP contribution in [0.3, 0.4) is 0 Å². The molecule has 1 aromatic carbocycles. The van der Waals surface area contributed by atoms with Gasteiger partial charge in [0.15, 0.2) is 0 Å². The van der Waals surface area contributed by atoms with E-state index in [9.17, 15) is 0 Å². The Labute approximate surface area is 111 Å². The van der Waals surface area contributed by atoms with Crippen LogP contribution in [0.4, 0.5) is 0 Å². The summed E-state index contributed by atoms with van der Waals surface area (Å²) in [6, 6.07) is 8.71. The zero-order chi connectivity index (χ0) is 13.0. The molecule has 0 unspecified atom stereocenters. The first kappa shape index (κ1) is 13.6. The smallest absolute Gasteiger partial charge is 0.0233 e.